The van der Waals surface area contributed by atoms with E-state index in [2.05, 4.69) is 30.3 Å². The fourth-order valence-corrected chi connectivity index (χ4v) is 2.58. The van der Waals surface area contributed by atoms with Crippen molar-refractivity contribution < 1.29 is 8.42 Å². The maximum atomic E-state index is 12.1. The predicted molar refractivity (Wildman–Crippen MR) is 75.8 cm³/mol. The lowest BCUT2D eigenvalue weighted by Gasteiger charge is -2.07. The monoisotopic (exact) mass is 313 g/mol. The summed E-state index contributed by atoms with van der Waals surface area (Å²) in [5.41, 5.74) is 0. The summed E-state index contributed by atoms with van der Waals surface area (Å²) in [6.07, 6.45) is 4.16. The maximum absolute atomic E-state index is 12.1. The summed E-state index contributed by atoms with van der Waals surface area (Å²) in [6.45, 7) is 5.49. The molecule has 116 valence electrons. The van der Waals surface area contributed by atoms with Crippen molar-refractivity contribution in [2.24, 2.45) is 0 Å². The number of nitrogens with one attached hydrogen (secondary N) is 3. The van der Waals surface area contributed by atoms with Gasteiger partial charge in [-0.25, -0.2) is 18.1 Å². The lowest BCUT2D eigenvalue weighted by molar-refractivity contribution is 0.514. The second-order valence-corrected chi connectivity index (χ2v) is 6.57. The van der Waals surface area contributed by atoms with E-state index in [1.807, 2.05) is 13.8 Å². The average molecular weight is 313 g/mol. The Kier molecular flexibility index (Phi) is 5.04. The minimum atomic E-state index is -3.60. The molecule has 0 aromatic carbocycles. The molecule has 0 fully saturated rings. The number of nitrogens with zero attached hydrogens (tertiary/aromatic N) is 4. The molecule has 3 N–H and O–H groups in total. The van der Waals surface area contributed by atoms with Crippen LogP contribution in [-0.2, 0) is 23.1 Å². The molecule has 0 radical (unpaired) electrons. The lowest BCUT2D eigenvalue weighted by Crippen LogP contribution is -2.27. The van der Waals surface area contributed by atoms with Gasteiger partial charge in [0.1, 0.15) is 17.0 Å². The first kappa shape index (κ1) is 15.6. The van der Waals surface area contributed by atoms with Crippen LogP contribution in [0.4, 0.5) is 0 Å². The molecule has 0 amide bonds. The summed E-state index contributed by atoms with van der Waals surface area (Å²) < 4.78 is 28.2. The quantitative estimate of drug-likeness (QED) is 0.603. The molecule has 2 heterocycles. The van der Waals surface area contributed by atoms with E-state index >= 15 is 0 Å². The molecule has 10 heteroatoms. The topological polar surface area (TPSA) is 118 Å². The zero-order valence-electron chi connectivity index (χ0n) is 11.9. The number of sulfonamides is 1. The Bertz CT molecular complexity index is 648. The fourth-order valence-electron chi connectivity index (χ4n) is 1.64. The number of hydrogen-bond acceptors (Lipinski definition) is 6. The molecule has 0 unspecified atom stereocenters. The third-order valence-corrected chi connectivity index (χ3v) is 4.06. The van der Waals surface area contributed by atoms with Crippen LogP contribution in [0.25, 0.3) is 0 Å². The third-order valence-electron chi connectivity index (χ3n) is 2.71. The van der Waals surface area contributed by atoms with Crippen molar-refractivity contribution in [2.75, 3.05) is 6.54 Å². The Balaban J connectivity index is 1.92. The van der Waals surface area contributed by atoms with Crippen molar-refractivity contribution >= 4 is 10.0 Å². The second-order valence-electron chi connectivity index (χ2n) is 4.80. The molecule has 0 saturated carbocycles. The highest BCUT2D eigenvalue weighted by Crippen LogP contribution is 2.07. The van der Waals surface area contributed by atoms with Crippen LogP contribution < -0.4 is 10.0 Å². The van der Waals surface area contributed by atoms with Gasteiger partial charge in [0.15, 0.2) is 0 Å². The number of aromatic nitrogens is 5. The maximum Gasteiger partial charge on any atom is 0.244 e. The van der Waals surface area contributed by atoms with E-state index < -0.39 is 10.0 Å². The average Bonchev–Trinajstić information content (AvgIpc) is 3.07. The first-order chi connectivity index (χ1) is 9.97. The van der Waals surface area contributed by atoms with Gasteiger partial charge in [0.25, 0.3) is 0 Å². The molecule has 2 aromatic rings. The van der Waals surface area contributed by atoms with E-state index in [9.17, 15) is 8.42 Å². The number of hydrogen-bond donors (Lipinski definition) is 3. The molecule has 0 spiro atoms. The molecule has 21 heavy (non-hydrogen) atoms. The smallest absolute Gasteiger partial charge is 0.244 e. The molecule has 0 saturated heterocycles. The van der Waals surface area contributed by atoms with Crippen molar-refractivity contribution in [2.45, 2.75) is 37.9 Å². The standard InChI is InChI=1S/C11H19N7O2S/c1-9(2)12-3-4-18-7-10(5-15-18)21(19,20)16-6-11-13-8-14-17-11/h5,7-9,12,16H,3-4,6H2,1-2H3,(H,13,14,17). The van der Waals surface area contributed by atoms with Crippen LogP contribution >= 0.6 is 0 Å². The summed E-state index contributed by atoms with van der Waals surface area (Å²) in [6, 6.07) is 0.382. The Hall–Kier alpha value is -1.78. The Labute approximate surface area is 123 Å². The lowest BCUT2D eigenvalue weighted by atomic mass is 10.4. The fraction of sp³-hybridized carbons (Fsp3) is 0.545. The summed E-state index contributed by atoms with van der Waals surface area (Å²) >= 11 is 0. The molecule has 0 aliphatic rings. The predicted octanol–water partition coefficient (Wildman–Crippen LogP) is -0.522. The summed E-state index contributed by atoms with van der Waals surface area (Å²) in [5, 5.41) is 13.5. The molecule has 9 nitrogen and oxygen atoms in total. The van der Waals surface area contributed by atoms with Gasteiger partial charge in [-0.15, -0.1) is 0 Å². The van der Waals surface area contributed by atoms with Crippen LogP contribution in [0.2, 0.25) is 0 Å². The van der Waals surface area contributed by atoms with Gasteiger partial charge < -0.3 is 5.32 Å². The van der Waals surface area contributed by atoms with Gasteiger partial charge in [0.05, 0.1) is 19.3 Å². The molecule has 0 aliphatic heterocycles. The van der Waals surface area contributed by atoms with Crippen molar-refractivity contribution in [1.82, 2.24) is 35.0 Å². The van der Waals surface area contributed by atoms with Gasteiger partial charge in [-0.1, -0.05) is 13.8 Å². The van der Waals surface area contributed by atoms with Gasteiger partial charge >= 0.3 is 0 Å². The van der Waals surface area contributed by atoms with Crippen LogP contribution in [0.5, 0.6) is 0 Å². The van der Waals surface area contributed by atoms with Crippen molar-refractivity contribution in [3.8, 4) is 0 Å². The number of aromatic amines is 1. The Morgan fingerprint density at radius 3 is 2.90 bits per heavy atom. The third kappa shape index (κ3) is 4.62. The first-order valence-electron chi connectivity index (χ1n) is 6.57. The van der Waals surface area contributed by atoms with Gasteiger partial charge in [-0.05, 0) is 0 Å². The minimum Gasteiger partial charge on any atom is -0.313 e. The van der Waals surface area contributed by atoms with Gasteiger partial charge in [-0.2, -0.15) is 10.2 Å². The van der Waals surface area contributed by atoms with E-state index in [1.165, 1.54) is 18.7 Å². The van der Waals surface area contributed by atoms with Crippen LogP contribution in [0.1, 0.15) is 19.7 Å². The number of rotatable bonds is 8. The molecular formula is C11H19N7O2S. The Morgan fingerprint density at radius 2 is 2.24 bits per heavy atom. The zero-order chi connectivity index (χ0) is 15.3. The van der Waals surface area contributed by atoms with E-state index in [1.54, 1.807) is 4.68 Å². The van der Waals surface area contributed by atoms with Crippen molar-refractivity contribution in [3.63, 3.8) is 0 Å². The first-order valence-corrected chi connectivity index (χ1v) is 8.05. The highest BCUT2D eigenvalue weighted by atomic mass is 32.2. The molecule has 0 bridgehead atoms. The summed E-state index contributed by atoms with van der Waals surface area (Å²) in [4.78, 5) is 3.98. The molecular weight excluding hydrogens is 294 g/mol. The minimum absolute atomic E-state index is 0.0580. The SMILES string of the molecule is CC(C)NCCn1cc(S(=O)(=O)NCc2ncn[nH]2)cn1. The largest absolute Gasteiger partial charge is 0.313 e. The summed E-state index contributed by atoms with van der Waals surface area (Å²) in [7, 11) is -3.60. The van der Waals surface area contributed by atoms with Crippen molar-refractivity contribution in [1.29, 1.82) is 0 Å². The van der Waals surface area contributed by atoms with Crippen LogP contribution in [0.15, 0.2) is 23.6 Å². The normalized spacial score (nSPS) is 12.1. The second kappa shape index (κ2) is 6.78. The molecule has 2 aromatic heterocycles. The molecule has 2 rings (SSSR count). The van der Waals surface area contributed by atoms with Crippen LogP contribution in [-0.4, -0.2) is 46.0 Å². The van der Waals surface area contributed by atoms with Crippen LogP contribution in [0, 0.1) is 0 Å². The Morgan fingerprint density at radius 1 is 1.43 bits per heavy atom. The molecule has 0 aliphatic carbocycles. The van der Waals surface area contributed by atoms with Crippen LogP contribution in [0.3, 0.4) is 0 Å². The number of H-pyrrole nitrogens is 1. The van der Waals surface area contributed by atoms with E-state index in [0.29, 0.717) is 18.4 Å². The highest BCUT2D eigenvalue weighted by Gasteiger charge is 2.16. The van der Waals surface area contributed by atoms with Gasteiger partial charge in [0.2, 0.25) is 10.0 Å². The summed E-state index contributed by atoms with van der Waals surface area (Å²) in [5.74, 6) is 0.451. The zero-order valence-corrected chi connectivity index (χ0v) is 12.8. The van der Waals surface area contributed by atoms with Gasteiger partial charge in [0, 0.05) is 18.8 Å². The van der Waals surface area contributed by atoms with E-state index in [-0.39, 0.29) is 11.4 Å². The van der Waals surface area contributed by atoms with Gasteiger partial charge in [-0.3, -0.25) is 9.78 Å². The van der Waals surface area contributed by atoms with E-state index in [0.717, 1.165) is 6.54 Å². The van der Waals surface area contributed by atoms with Crippen molar-refractivity contribution in [3.05, 3.63) is 24.5 Å². The highest BCUT2D eigenvalue weighted by molar-refractivity contribution is 7.89. The van der Waals surface area contributed by atoms with E-state index in [4.69, 9.17) is 0 Å². The molecule has 0 atom stereocenters.